The number of carbonyl (C=O) groups excluding carboxylic acids is 5. The van der Waals surface area contributed by atoms with Crippen LogP contribution >= 0.6 is 0 Å². The lowest BCUT2D eigenvalue weighted by atomic mass is 10.1. The van der Waals surface area contributed by atoms with Crippen molar-refractivity contribution in [1.82, 2.24) is 31.2 Å². The molecule has 56 heavy (non-hydrogen) atoms. The van der Waals surface area contributed by atoms with Crippen molar-refractivity contribution in [3.63, 3.8) is 0 Å². The maximum Gasteiger partial charge on any atom is 0.272 e. The number of H-pyrrole nitrogens is 2. The number of aliphatic imine (C=N–C) groups is 2. The Morgan fingerprint density at radius 2 is 1.12 bits per heavy atom. The number of fused-ring (bicyclic) bond motifs is 2. The van der Waals surface area contributed by atoms with Crippen LogP contribution in [0.25, 0.3) is 21.8 Å². The molecule has 0 bridgehead atoms. The number of benzene rings is 2. The van der Waals surface area contributed by atoms with Crippen molar-refractivity contribution in [2.45, 2.75) is 44.2 Å². The molecule has 0 aliphatic rings. The Bertz CT molecular complexity index is 2060. The first-order chi connectivity index (χ1) is 26.8. The number of carbonyl (C=O) groups is 5. The Hall–Kier alpha value is -6.67. The van der Waals surface area contributed by atoms with Crippen LogP contribution in [0.2, 0.25) is 0 Å². The van der Waals surface area contributed by atoms with Gasteiger partial charge in [0.25, 0.3) is 17.7 Å². The first kappa shape index (κ1) is 42.1. The van der Waals surface area contributed by atoms with Crippen LogP contribution < -0.4 is 61.0 Å². The van der Waals surface area contributed by atoms with E-state index in [1.807, 2.05) is 0 Å². The summed E-state index contributed by atoms with van der Waals surface area (Å²) in [6.07, 6.45) is 2.47. The molecular formula is C36H51N15O5. The van der Waals surface area contributed by atoms with Crippen LogP contribution in [0, 0.1) is 0 Å². The zero-order valence-electron chi connectivity index (χ0n) is 31.0. The van der Waals surface area contributed by atoms with E-state index in [1.54, 1.807) is 48.5 Å². The van der Waals surface area contributed by atoms with Crippen molar-refractivity contribution in [3.8, 4) is 0 Å². The van der Waals surface area contributed by atoms with Gasteiger partial charge in [0.1, 0.15) is 11.4 Å². The van der Waals surface area contributed by atoms with Crippen molar-refractivity contribution in [2.24, 2.45) is 44.4 Å². The van der Waals surface area contributed by atoms with E-state index in [0.29, 0.717) is 91.6 Å². The van der Waals surface area contributed by atoms with Gasteiger partial charge in [-0.25, -0.2) is 0 Å². The second-order valence-corrected chi connectivity index (χ2v) is 13.0. The fourth-order valence-corrected chi connectivity index (χ4v) is 5.55. The fourth-order valence-electron chi connectivity index (χ4n) is 5.55. The average molecular weight is 774 g/mol. The van der Waals surface area contributed by atoms with E-state index in [9.17, 15) is 24.0 Å². The van der Waals surface area contributed by atoms with E-state index in [2.05, 4.69) is 46.5 Å². The highest BCUT2D eigenvalue weighted by molar-refractivity contribution is 6.08. The summed E-state index contributed by atoms with van der Waals surface area (Å²) in [6.45, 7) is 1.82. The Kier molecular flexibility index (Phi) is 15.5. The molecule has 0 saturated heterocycles. The molecule has 0 aliphatic heterocycles. The number of anilines is 1. The van der Waals surface area contributed by atoms with Crippen LogP contribution in [0.15, 0.2) is 58.5 Å². The van der Waals surface area contributed by atoms with Gasteiger partial charge in [-0.3, -0.25) is 34.0 Å². The Labute approximate surface area is 322 Å². The monoisotopic (exact) mass is 773 g/mol. The molecule has 2 aromatic heterocycles. The molecule has 5 amide bonds. The van der Waals surface area contributed by atoms with Gasteiger partial charge in [0.15, 0.2) is 11.9 Å². The molecule has 0 spiro atoms. The van der Waals surface area contributed by atoms with Gasteiger partial charge in [-0.05, 0) is 74.6 Å². The molecule has 2 atom stereocenters. The normalized spacial score (nSPS) is 12.0. The number of hydrogen-bond donors (Lipinski definition) is 13. The topological polar surface area (TPSA) is 358 Å². The lowest BCUT2D eigenvalue weighted by Crippen LogP contribution is -2.43. The highest BCUT2D eigenvalue weighted by atomic mass is 16.2. The summed E-state index contributed by atoms with van der Waals surface area (Å²) < 4.78 is 0. The number of rotatable bonds is 21. The van der Waals surface area contributed by atoms with Gasteiger partial charge in [-0.1, -0.05) is 6.07 Å². The number of guanidine groups is 2. The van der Waals surface area contributed by atoms with Gasteiger partial charge in [-0.15, -0.1) is 0 Å². The number of nitrogens with two attached hydrogens (primary N) is 6. The molecule has 300 valence electrons. The third-order valence-corrected chi connectivity index (χ3v) is 8.51. The van der Waals surface area contributed by atoms with Crippen LogP contribution in [0.5, 0.6) is 0 Å². The molecule has 0 saturated carbocycles. The van der Waals surface area contributed by atoms with E-state index < -0.39 is 18.0 Å². The van der Waals surface area contributed by atoms with Crippen molar-refractivity contribution in [3.05, 3.63) is 65.5 Å². The Morgan fingerprint density at radius 1 is 0.571 bits per heavy atom. The number of hydrogen-bond acceptors (Lipinski definition) is 9. The maximum atomic E-state index is 13.2. The van der Waals surface area contributed by atoms with Gasteiger partial charge in [-0.2, -0.15) is 0 Å². The van der Waals surface area contributed by atoms with Crippen LogP contribution in [0.1, 0.15) is 63.4 Å². The summed E-state index contributed by atoms with van der Waals surface area (Å²) in [5, 5.41) is 15.3. The minimum absolute atomic E-state index is 0.00719. The summed E-state index contributed by atoms with van der Waals surface area (Å²) in [6, 6.07) is 12.2. The quantitative estimate of drug-likeness (QED) is 0.0269. The summed E-state index contributed by atoms with van der Waals surface area (Å²) in [5.41, 5.74) is 35.7. The number of nitrogens with one attached hydrogen (secondary N) is 7. The van der Waals surface area contributed by atoms with E-state index in [1.165, 1.54) is 0 Å². The highest BCUT2D eigenvalue weighted by Gasteiger charge is 2.16. The smallest absolute Gasteiger partial charge is 0.272 e. The number of aromatic nitrogens is 2. The zero-order chi connectivity index (χ0) is 40.6. The minimum Gasteiger partial charge on any atom is -0.370 e. The summed E-state index contributed by atoms with van der Waals surface area (Å²) in [5.74, 6) is -1.72. The largest absolute Gasteiger partial charge is 0.370 e. The van der Waals surface area contributed by atoms with Crippen LogP contribution in [0.4, 0.5) is 5.69 Å². The maximum absolute atomic E-state index is 13.2. The van der Waals surface area contributed by atoms with Gasteiger partial charge in [0.05, 0.1) is 12.1 Å². The van der Waals surface area contributed by atoms with Crippen molar-refractivity contribution >= 4 is 68.9 Å². The van der Waals surface area contributed by atoms with Gasteiger partial charge < -0.3 is 71.0 Å². The first-order valence-corrected chi connectivity index (χ1v) is 18.1. The molecule has 2 heterocycles. The molecule has 20 nitrogen and oxygen atoms in total. The van der Waals surface area contributed by atoms with E-state index in [-0.39, 0.29) is 54.3 Å². The Morgan fingerprint density at radius 3 is 1.79 bits per heavy atom. The van der Waals surface area contributed by atoms with Gasteiger partial charge in [0.2, 0.25) is 11.8 Å². The van der Waals surface area contributed by atoms with E-state index in [0.717, 1.165) is 5.39 Å². The van der Waals surface area contributed by atoms with Gasteiger partial charge >= 0.3 is 0 Å². The van der Waals surface area contributed by atoms with Crippen LogP contribution in [-0.4, -0.2) is 103 Å². The van der Waals surface area contributed by atoms with E-state index >= 15 is 0 Å². The number of amides is 5. The minimum atomic E-state index is -0.719. The third-order valence-electron chi connectivity index (χ3n) is 8.51. The molecule has 20 heteroatoms. The number of aromatic amines is 2. The lowest BCUT2D eigenvalue weighted by Gasteiger charge is -2.12. The molecule has 0 radical (unpaired) electrons. The molecule has 0 aliphatic carbocycles. The molecule has 19 N–H and O–H groups in total. The molecule has 2 aromatic carbocycles. The highest BCUT2D eigenvalue weighted by Crippen LogP contribution is 2.22. The molecule has 2 unspecified atom stereocenters. The van der Waals surface area contributed by atoms with Crippen molar-refractivity contribution < 1.29 is 24.0 Å². The second kappa shape index (κ2) is 20.7. The van der Waals surface area contributed by atoms with Crippen LogP contribution in [-0.2, 0) is 9.59 Å². The Balaban J connectivity index is 1.20. The predicted octanol–water partition coefficient (Wildman–Crippen LogP) is -1.25. The number of nitrogens with zero attached hydrogens (tertiary/aromatic N) is 2. The molecule has 4 aromatic rings. The molecule has 0 fully saturated rings. The standard InChI is InChI=1S/C36H51N15O5/c37-24(4-1-10-47-35(39)40)31(53)43-12-3-13-44-33(55)28-17-20-6-8-23(19-27(20)51-28)49-34(56)29-18-22-16-21(7-9-26(22)50-29)30(52)45-14-15-46-32(54)25(38)5-2-11-48-36(41)42/h6-9,16-19,24-25,50-51H,1-5,10-15,37-38H2,(H,43,53)(H,44,55)(H,45,52)(H,46,54)(H,49,56)(H4,39,40,47)(H4,41,42,48). The molecular weight excluding hydrogens is 722 g/mol. The van der Waals surface area contributed by atoms with Crippen LogP contribution in [0.3, 0.4) is 0 Å². The molecule has 4 rings (SSSR count). The SMILES string of the molecule is NC(N)=NCCCC(N)C(=O)NCCCNC(=O)c1cc2ccc(NC(=O)c3cc4cc(C(=O)NCCNC(=O)C(N)CCCN=C(N)N)ccc4[nH]3)cc2[nH]1. The first-order valence-electron chi connectivity index (χ1n) is 18.1. The summed E-state index contributed by atoms with van der Waals surface area (Å²) in [7, 11) is 0. The van der Waals surface area contributed by atoms with Gasteiger partial charge in [0, 0.05) is 72.3 Å². The predicted molar refractivity (Wildman–Crippen MR) is 216 cm³/mol. The fraction of sp³-hybridized carbons (Fsp3) is 0.361. The average Bonchev–Trinajstić information content (AvgIpc) is 3.80. The second-order valence-electron chi connectivity index (χ2n) is 13.0. The third kappa shape index (κ3) is 13.0. The lowest BCUT2D eigenvalue weighted by molar-refractivity contribution is -0.123. The summed E-state index contributed by atoms with van der Waals surface area (Å²) in [4.78, 5) is 76.9. The van der Waals surface area contributed by atoms with Crippen molar-refractivity contribution in [2.75, 3.05) is 44.6 Å². The zero-order valence-corrected chi connectivity index (χ0v) is 31.0. The van der Waals surface area contributed by atoms with E-state index in [4.69, 9.17) is 34.4 Å². The summed E-state index contributed by atoms with van der Waals surface area (Å²) >= 11 is 0. The van der Waals surface area contributed by atoms with Crippen molar-refractivity contribution in [1.29, 1.82) is 0 Å².